The van der Waals surface area contributed by atoms with E-state index in [1.165, 1.54) is 259 Å². The van der Waals surface area contributed by atoms with Crippen LogP contribution < -0.4 is 0 Å². The van der Waals surface area contributed by atoms with Crippen LogP contribution in [0.25, 0.3) is 0 Å². The van der Waals surface area contributed by atoms with Crippen molar-refractivity contribution < 1.29 is 47.4 Å². The Morgan fingerprint density at radius 1 is 0.190 bits per heavy atom. The maximum Gasteiger partial charge on any atom is 0.123 e. The molecule has 20 rings (SSSR count). The first-order chi connectivity index (χ1) is 55.3. The number of hydrogen-bond acceptors (Lipinski definition) is 20. The van der Waals surface area contributed by atoms with Gasteiger partial charge in [-0.05, 0) is 312 Å². The van der Waals surface area contributed by atoms with Crippen molar-refractivity contribution in [3.63, 3.8) is 0 Å². The van der Waals surface area contributed by atoms with Gasteiger partial charge in [-0.25, -0.2) is 0 Å². The second-order valence-electron chi connectivity index (χ2n) is 43.0. The molecule has 20 heterocycles. The van der Waals surface area contributed by atoms with Gasteiger partial charge in [-0.2, -0.15) is 0 Å². The van der Waals surface area contributed by atoms with Gasteiger partial charge in [0.1, 0.15) is 11.4 Å². The van der Waals surface area contributed by atoms with Gasteiger partial charge >= 0.3 is 0 Å². The van der Waals surface area contributed by atoms with Gasteiger partial charge in [0.05, 0.1) is 44.2 Å². The number of likely N-dealkylation sites (tertiary alicyclic amines) is 10. The molecular formula is C96H182N10O10. The molecule has 7 unspecified atom stereocenters. The average molecular weight is 1640 g/mol. The van der Waals surface area contributed by atoms with E-state index in [9.17, 15) is 0 Å². The highest BCUT2D eigenvalue weighted by atomic mass is 16.5. The molecule has 0 aromatic carbocycles. The Morgan fingerprint density at radius 3 is 0.922 bits per heavy atom. The number of rotatable bonds is 10. The fraction of sp³-hybridized carbons (Fsp3) is 1.00. The largest absolute Gasteiger partial charge is 0.381 e. The SMILES string of the molecule is CC(C)N1CC2(CCCO2)C1.CC(C)N1CC2(CCOC2)C1.CC(C)N1CCC12CCCO2.CC(C)N1CCC12CCCOC2.CC(C)N1CCC12CCOC2.CC(C)N1CCC12CCOCC2.CC(C)N1CCC2(CCCO2)C1.CC(C)N1CCC2(CCOC2)C1.CC(C)N1CCCC12CCCO2.CC(C)N1CCCC12CCOC2. The lowest BCUT2D eigenvalue weighted by Crippen LogP contribution is -2.65. The maximum atomic E-state index is 5.90. The predicted molar refractivity (Wildman–Crippen MR) is 473 cm³/mol. The Balaban J connectivity index is 0.000000127. The summed E-state index contributed by atoms with van der Waals surface area (Å²) < 4.78 is 56.0. The van der Waals surface area contributed by atoms with Crippen LogP contribution in [0.4, 0.5) is 0 Å². The van der Waals surface area contributed by atoms with Crippen molar-refractivity contribution in [1.29, 1.82) is 0 Å². The van der Waals surface area contributed by atoms with E-state index in [0.29, 0.717) is 86.9 Å². The smallest absolute Gasteiger partial charge is 0.123 e. The van der Waals surface area contributed by atoms with Crippen LogP contribution in [-0.2, 0) is 47.4 Å². The minimum Gasteiger partial charge on any atom is -0.381 e. The van der Waals surface area contributed by atoms with Crippen LogP contribution in [-0.4, -0.2) is 352 Å². The van der Waals surface area contributed by atoms with Gasteiger partial charge in [0.15, 0.2) is 0 Å². The van der Waals surface area contributed by atoms with Crippen LogP contribution in [0.5, 0.6) is 0 Å². The van der Waals surface area contributed by atoms with E-state index in [4.69, 9.17) is 47.4 Å². The summed E-state index contributed by atoms with van der Waals surface area (Å²) in [4.78, 5) is 25.6. The molecule has 0 aromatic heterocycles. The molecule has 0 radical (unpaired) electrons. The van der Waals surface area contributed by atoms with Gasteiger partial charge in [-0.3, -0.25) is 44.1 Å². The molecule has 20 aliphatic heterocycles. The Labute approximate surface area is 711 Å². The molecule has 20 heteroatoms. The molecule has 7 atom stereocenters. The minimum atomic E-state index is 0.161. The molecule has 0 bridgehead atoms. The molecule has 0 aromatic rings. The first-order valence-electron chi connectivity index (χ1n) is 48.9. The highest BCUT2D eigenvalue weighted by molar-refractivity contribution is 5.07. The summed E-state index contributed by atoms with van der Waals surface area (Å²) in [5.41, 5.74) is 3.94. The Hall–Kier alpha value is -0.800. The van der Waals surface area contributed by atoms with Crippen LogP contribution in [0, 0.1) is 10.8 Å². The lowest BCUT2D eigenvalue weighted by Gasteiger charge is -2.57. The summed E-state index contributed by atoms with van der Waals surface area (Å²) in [6.45, 7) is 78.7. The predicted octanol–water partition coefficient (Wildman–Crippen LogP) is 15.3. The maximum absolute atomic E-state index is 5.90. The standard InChI is InChI=1S/6C10H19NO.4C9H17NO/c1-9(2)11-6-3-10(11)4-7-12-8-5-10;1-9(2)11-5-3-10(7-11)4-6-12-8-10;1-9(2)11-7-3-5-10(11)6-4-8-12-10;1-9(2)11-6-5-10(11)4-3-7-12-8-10;1-9(2)11-6-5-10(8-11)4-3-7-12-10;1-9(2)11-6-3-4-10(11)5-7-12-8-10;1-8(2)10-5-3-9(10)4-6-11-7-9;1-8(2)10-5-9(6-10)3-4-11-7-9;1-8(2)10-6-5-9(10)4-3-7-11-9;1-8(2)10-6-9(7-10)4-3-5-11-9/h6*9H,3-8H2,1-2H3;4*8H,3-7H2,1-2H3. The monoisotopic (exact) mass is 1640 g/mol. The lowest BCUT2D eigenvalue weighted by molar-refractivity contribution is -0.201. The van der Waals surface area contributed by atoms with Gasteiger partial charge in [0.2, 0.25) is 0 Å². The van der Waals surface area contributed by atoms with Crippen molar-refractivity contribution in [3.05, 3.63) is 0 Å². The molecule has 0 aliphatic carbocycles. The van der Waals surface area contributed by atoms with E-state index in [2.05, 4.69) is 187 Å². The fourth-order valence-corrected chi connectivity index (χ4v) is 24.4. The van der Waals surface area contributed by atoms with Gasteiger partial charge in [-0.15, -0.1) is 0 Å². The number of hydrogen-bond donors (Lipinski definition) is 0. The number of ether oxygens (including phenoxy) is 10. The molecule has 20 nitrogen and oxygen atoms in total. The summed E-state index contributed by atoms with van der Waals surface area (Å²) >= 11 is 0. The zero-order valence-electron chi connectivity index (χ0n) is 78.9. The molecule has 10 spiro atoms. The summed E-state index contributed by atoms with van der Waals surface area (Å²) in [7, 11) is 0. The van der Waals surface area contributed by atoms with E-state index in [1.807, 2.05) is 0 Å². The first kappa shape index (κ1) is 95.8. The van der Waals surface area contributed by atoms with Crippen molar-refractivity contribution in [1.82, 2.24) is 49.0 Å². The summed E-state index contributed by atoms with van der Waals surface area (Å²) in [6, 6.07) is 6.92. The Kier molecular flexibility index (Phi) is 35.3. The first-order valence-corrected chi connectivity index (χ1v) is 48.9. The van der Waals surface area contributed by atoms with Crippen LogP contribution in [0.15, 0.2) is 0 Å². The summed E-state index contributed by atoms with van der Waals surface area (Å²) in [5, 5.41) is 0. The van der Waals surface area contributed by atoms with Crippen LogP contribution in [0.1, 0.15) is 305 Å². The molecule has 116 heavy (non-hydrogen) atoms. The summed E-state index contributed by atoms with van der Waals surface area (Å²) in [6.07, 6.45) is 33.6. The van der Waals surface area contributed by atoms with Crippen LogP contribution in [0.2, 0.25) is 0 Å². The topological polar surface area (TPSA) is 125 Å². The molecule has 0 saturated carbocycles. The third-order valence-electron chi connectivity index (χ3n) is 32.0. The second kappa shape index (κ2) is 42.7. The van der Waals surface area contributed by atoms with Gasteiger partial charge in [0, 0.05) is 251 Å². The normalized spacial score (nSPS) is 35.2. The molecule has 0 N–H and O–H groups in total. The van der Waals surface area contributed by atoms with Crippen molar-refractivity contribution >= 4 is 0 Å². The Morgan fingerprint density at radius 2 is 0.517 bits per heavy atom. The van der Waals surface area contributed by atoms with Gasteiger partial charge in [0.25, 0.3) is 0 Å². The van der Waals surface area contributed by atoms with E-state index in [0.717, 1.165) is 118 Å². The Bertz CT molecular complexity index is 2590. The highest BCUT2D eigenvalue weighted by Crippen LogP contribution is 2.47. The van der Waals surface area contributed by atoms with Crippen molar-refractivity contribution in [2.24, 2.45) is 10.8 Å². The van der Waals surface area contributed by atoms with Crippen molar-refractivity contribution in [3.8, 4) is 0 Å². The lowest BCUT2D eigenvalue weighted by atomic mass is 9.77. The van der Waals surface area contributed by atoms with Crippen LogP contribution >= 0.6 is 0 Å². The van der Waals surface area contributed by atoms with E-state index in [1.54, 1.807) is 0 Å². The van der Waals surface area contributed by atoms with E-state index >= 15 is 0 Å². The molecule has 20 saturated heterocycles. The molecule has 676 valence electrons. The zero-order valence-corrected chi connectivity index (χ0v) is 78.9. The third-order valence-corrected chi connectivity index (χ3v) is 32.0. The molecule has 20 fully saturated rings. The van der Waals surface area contributed by atoms with E-state index < -0.39 is 0 Å². The van der Waals surface area contributed by atoms with Gasteiger partial charge in [-0.1, -0.05) is 0 Å². The third kappa shape index (κ3) is 23.3. The molecule has 20 aliphatic rings. The summed E-state index contributed by atoms with van der Waals surface area (Å²) in [5.74, 6) is 0. The number of nitrogens with zero attached hydrogens (tertiary/aromatic N) is 10. The van der Waals surface area contributed by atoms with E-state index in [-0.39, 0.29) is 17.1 Å². The van der Waals surface area contributed by atoms with Gasteiger partial charge < -0.3 is 52.3 Å². The molecule has 0 amide bonds. The second-order valence-corrected chi connectivity index (χ2v) is 43.0. The minimum absolute atomic E-state index is 0.161. The quantitative estimate of drug-likeness (QED) is 0.206. The fourth-order valence-electron chi connectivity index (χ4n) is 24.4. The highest BCUT2D eigenvalue weighted by Gasteiger charge is 2.54. The molecular weight excluding hydrogens is 1450 g/mol. The van der Waals surface area contributed by atoms with Crippen molar-refractivity contribution in [2.45, 2.75) is 411 Å². The van der Waals surface area contributed by atoms with Crippen LogP contribution in [0.3, 0.4) is 0 Å². The average Bonchev–Trinajstić information content (AvgIpc) is 1.39. The zero-order chi connectivity index (χ0) is 83.2. The van der Waals surface area contributed by atoms with Crippen molar-refractivity contribution in [2.75, 3.05) is 197 Å².